The van der Waals surface area contributed by atoms with Gasteiger partial charge in [0, 0.05) is 18.8 Å². The predicted octanol–water partition coefficient (Wildman–Crippen LogP) is 3.36. The average molecular weight is 285 g/mol. The van der Waals surface area contributed by atoms with Gasteiger partial charge >= 0.3 is 0 Å². The molecule has 0 bridgehead atoms. The molecular weight excluding hydrogens is 268 g/mol. The van der Waals surface area contributed by atoms with Crippen LogP contribution in [0.1, 0.15) is 5.56 Å². The number of morpholine rings is 1. The maximum atomic E-state index is 13.0. The van der Waals surface area contributed by atoms with Gasteiger partial charge in [0.1, 0.15) is 0 Å². The number of halogens is 2. The first-order valence-electron chi connectivity index (χ1n) is 6.24. The molecule has 0 unspecified atom stereocenters. The Bertz CT molecular complexity index is 405. The van der Waals surface area contributed by atoms with Gasteiger partial charge in [-0.25, -0.2) is 8.78 Å². The van der Waals surface area contributed by atoms with Crippen molar-refractivity contribution in [3.05, 3.63) is 47.0 Å². The van der Waals surface area contributed by atoms with Gasteiger partial charge in [0.25, 0.3) is 6.43 Å². The number of thioether (sulfide) groups is 1. The second kappa shape index (κ2) is 7.50. The van der Waals surface area contributed by atoms with Crippen molar-refractivity contribution in [2.24, 2.45) is 0 Å². The highest BCUT2D eigenvalue weighted by Crippen LogP contribution is 2.22. The number of benzene rings is 1. The molecule has 1 aliphatic heterocycles. The van der Waals surface area contributed by atoms with E-state index < -0.39 is 6.43 Å². The van der Waals surface area contributed by atoms with Crippen LogP contribution in [0.15, 0.2) is 41.4 Å². The molecule has 2 nitrogen and oxygen atoms in total. The van der Waals surface area contributed by atoms with Gasteiger partial charge in [-0.15, -0.1) is 11.8 Å². The van der Waals surface area contributed by atoms with E-state index in [1.807, 2.05) is 30.3 Å². The highest BCUT2D eigenvalue weighted by atomic mass is 32.2. The van der Waals surface area contributed by atoms with E-state index in [0.29, 0.717) is 32.1 Å². The molecule has 19 heavy (non-hydrogen) atoms. The van der Waals surface area contributed by atoms with Crippen molar-refractivity contribution in [2.45, 2.75) is 12.2 Å². The Balaban J connectivity index is 1.93. The maximum absolute atomic E-state index is 13.0. The lowest BCUT2D eigenvalue weighted by atomic mass is 10.2. The van der Waals surface area contributed by atoms with Crippen LogP contribution in [0.5, 0.6) is 0 Å². The molecule has 0 atom stereocenters. The van der Waals surface area contributed by atoms with Crippen LogP contribution in [0.4, 0.5) is 8.78 Å². The zero-order valence-electron chi connectivity index (χ0n) is 10.6. The fourth-order valence-corrected chi connectivity index (χ4v) is 2.77. The van der Waals surface area contributed by atoms with Crippen LogP contribution in [-0.4, -0.2) is 37.6 Å². The molecule has 0 saturated carbocycles. The minimum absolute atomic E-state index is 0.115. The summed E-state index contributed by atoms with van der Waals surface area (Å²) in [5, 5.41) is 1.59. The molecule has 0 aliphatic carbocycles. The molecule has 0 amide bonds. The highest BCUT2D eigenvalue weighted by Gasteiger charge is 2.20. The third kappa shape index (κ3) is 4.51. The smallest absolute Gasteiger partial charge is 0.278 e. The molecule has 1 aromatic rings. The Morgan fingerprint density at radius 1 is 1.26 bits per heavy atom. The van der Waals surface area contributed by atoms with Gasteiger partial charge in [-0.3, -0.25) is 0 Å². The van der Waals surface area contributed by atoms with E-state index in [4.69, 9.17) is 4.74 Å². The average Bonchev–Trinajstić information content (AvgIpc) is 2.45. The summed E-state index contributed by atoms with van der Waals surface area (Å²) in [5.74, 6) is 0.710. The second-order valence-electron chi connectivity index (χ2n) is 4.24. The minimum Gasteiger partial charge on any atom is -0.378 e. The van der Waals surface area contributed by atoms with E-state index in [9.17, 15) is 8.78 Å². The Labute approximate surface area is 116 Å². The lowest BCUT2D eigenvalue weighted by Crippen LogP contribution is -2.37. The van der Waals surface area contributed by atoms with Gasteiger partial charge in [0.2, 0.25) is 0 Å². The molecule has 5 heteroatoms. The summed E-state index contributed by atoms with van der Waals surface area (Å²) in [4.78, 5) is 1.71. The fraction of sp³-hybridized carbons (Fsp3) is 0.429. The molecule has 0 radical (unpaired) electrons. The lowest BCUT2D eigenvalue weighted by Gasteiger charge is -2.30. The number of nitrogens with zero attached hydrogens (tertiary/aromatic N) is 1. The van der Waals surface area contributed by atoms with Crippen molar-refractivity contribution in [3.8, 4) is 0 Å². The van der Waals surface area contributed by atoms with E-state index in [-0.39, 0.29) is 5.70 Å². The van der Waals surface area contributed by atoms with Crippen molar-refractivity contribution in [1.82, 2.24) is 4.90 Å². The van der Waals surface area contributed by atoms with Gasteiger partial charge in [0.05, 0.1) is 18.9 Å². The Hall–Kier alpha value is -1.07. The molecule has 2 rings (SSSR count). The molecular formula is C14H17F2NOS. The van der Waals surface area contributed by atoms with Crippen molar-refractivity contribution in [2.75, 3.05) is 26.3 Å². The van der Waals surface area contributed by atoms with Crippen molar-refractivity contribution >= 4 is 11.8 Å². The summed E-state index contributed by atoms with van der Waals surface area (Å²) in [6.07, 6.45) is -2.43. The number of allylic oxidation sites excluding steroid dienone is 1. The van der Waals surface area contributed by atoms with Crippen LogP contribution in [0, 0.1) is 0 Å². The van der Waals surface area contributed by atoms with Gasteiger partial charge in [-0.1, -0.05) is 30.3 Å². The highest BCUT2D eigenvalue weighted by molar-refractivity contribution is 8.01. The first-order chi connectivity index (χ1) is 9.27. The maximum Gasteiger partial charge on any atom is 0.278 e. The van der Waals surface area contributed by atoms with Crippen molar-refractivity contribution < 1.29 is 13.5 Å². The first-order valence-corrected chi connectivity index (χ1v) is 7.28. The summed E-state index contributed by atoms with van der Waals surface area (Å²) in [7, 11) is 0. The molecule has 0 aromatic heterocycles. The molecule has 0 spiro atoms. The zero-order valence-corrected chi connectivity index (χ0v) is 11.4. The van der Waals surface area contributed by atoms with Gasteiger partial charge in [-0.05, 0) is 11.0 Å². The van der Waals surface area contributed by atoms with E-state index in [0.717, 1.165) is 5.56 Å². The Kier molecular flexibility index (Phi) is 5.66. The Morgan fingerprint density at radius 3 is 2.58 bits per heavy atom. The van der Waals surface area contributed by atoms with Gasteiger partial charge < -0.3 is 9.64 Å². The summed E-state index contributed by atoms with van der Waals surface area (Å²) >= 11 is 1.41. The normalized spacial score (nSPS) is 17.0. The predicted molar refractivity (Wildman–Crippen MR) is 74.2 cm³/mol. The van der Waals surface area contributed by atoms with E-state index in [1.54, 1.807) is 10.3 Å². The summed E-state index contributed by atoms with van der Waals surface area (Å²) in [6, 6.07) is 9.85. The van der Waals surface area contributed by atoms with E-state index in [2.05, 4.69) is 0 Å². The van der Waals surface area contributed by atoms with Crippen LogP contribution in [-0.2, 0) is 10.5 Å². The summed E-state index contributed by atoms with van der Waals surface area (Å²) in [5.41, 5.74) is 1.25. The topological polar surface area (TPSA) is 12.5 Å². The SMILES string of the molecule is FC(F)C(=CSCc1ccccc1)N1CCOCC1. The first kappa shape index (κ1) is 14.3. The molecule has 1 aromatic carbocycles. The molecule has 0 N–H and O–H groups in total. The number of hydrogen-bond donors (Lipinski definition) is 0. The molecule has 1 heterocycles. The third-order valence-electron chi connectivity index (χ3n) is 2.90. The zero-order chi connectivity index (χ0) is 13.5. The minimum atomic E-state index is -2.43. The van der Waals surface area contributed by atoms with E-state index in [1.165, 1.54) is 11.8 Å². The molecule has 104 valence electrons. The van der Waals surface area contributed by atoms with Crippen molar-refractivity contribution in [3.63, 3.8) is 0 Å². The summed E-state index contributed by atoms with van der Waals surface area (Å²) < 4.78 is 31.3. The monoisotopic (exact) mass is 285 g/mol. The lowest BCUT2D eigenvalue weighted by molar-refractivity contribution is 0.0346. The summed E-state index contributed by atoms with van der Waals surface area (Å²) in [6.45, 7) is 2.13. The number of hydrogen-bond acceptors (Lipinski definition) is 3. The quantitative estimate of drug-likeness (QED) is 0.823. The Morgan fingerprint density at radius 2 is 1.95 bits per heavy atom. The fourth-order valence-electron chi connectivity index (χ4n) is 1.88. The second-order valence-corrected chi connectivity index (χ2v) is 5.10. The number of alkyl halides is 2. The van der Waals surface area contributed by atoms with E-state index >= 15 is 0 Å². The van der Waals surface area contributed by atoms with Crippen LogP contribution < -0.4 is 0 Å². The van der Waals surface area contributed by atoms with Crippen LogP contribution >= 0.6 is 11.8 Å². The van der Waals surface area contributed by atoms with Crippen LogP contribution in [0.2, 0.25) is 0 Å². The van der Waals surface area contributed by atoms with Gasteiger partial charge in [0.15, 0.2) is 0 Å². The number of ether oxygens (including phenoxy) is 1. The van der Waals surface area contributed by atoms with Crippen LogP contribution in [0.25, 0.3) is 0 Å². The largest absolute Gasteiger partial charge is 0.378 e. The third-order valence-corrected chi connectivity index (χ3v) is 3.80. The molecule has 1 fully saturated rings. The standard InChI is InChI=1S/C14H17F2NOS/c15-14(16)13(17-6-8-18-9-7-17)11-19-10-12-4-2-1-3-5-12/h1-5,11,14H,6-10H2. The van der Waals surface area contributed by atoms with Gasteiger partial charge in [-0.2, -0.15) is 0 Å². The number of rotatable bonds is 5. The van der Waals surface area contributed by atoms with Crippen LogP contribution in [0.3, 0.4) is 0 Å². The molecule has 1 saturated heterocycles. The van der Waals surface area contributed by atoms with Crippen molar-refractivity contribution in [1.29, 1.82) is 0 Å². The molecule has 1 aliphatic rings.